The molecule has 30 heavy (non-hydrogen) atoms. The number of fused-ring (bicyclic) bond motifs is 1. The van der Waals surface area contributed by atoms with Crippen molar-refractivity contribution < 1.29 is 4.79 Å². The van der Waals surface area contributed by atoms with Crippen LogP contribution in [-0.2, 0) is 4.79 Å². The van der Waals surface area contributed by atoms with E-state index < -0.39 is 0 Å². The Morgan fingerprint density at radius 1 is 1.27 bits per heavy atom. The Labute approximate surface area is 180 Å². The van der Waals surface area contributed by atoms with Gasteiger partial charge in [-0.25, -0.2) is 9.97 Å². The molecule has 3 N–H and O–H groups in total. The second-order valence-corrected chi connectivity index (χ2v) is 9.24. The smallest absolute Gasteiger partial charge is 0.251 e. The third-order valence-corrected chi connectivity index (χ3v) is 7.62. The van der Waals surface area contributed by atoms with Crippen molar-refractivity contribution in [2.75, 3.05) is 0 Å². The zero-order valence-electron chi connectivity index (χ0n) is 17.2. The van der Waals surface area contributed by atoms with E-state index in [1.807, 2.05) is 12.3 Å². The van der Waals surface area contributed by atoms with Crippen LogP contribution >= 0.6 is 11.8 Å². The molecule has 6 nitrogen and oxygen atoms in total. The first-order valence-corrected chi connectivity index (χ1v) is 11.3. The molecule has 1 aromatic carbocycles. The molecule has 0 saturated heterocycles. The third kappa shape index (κ3) is 3.08. The summed E-state index contributed by atoms with van der Waals surface area (Å²) in [5, 5.41) is 0.697. The van der Waals surface area contributed by atoms with Gasteiger partial charge in [0.15, 0.2) is 5.37 Å². The van der Waals surface area contributed by atoms with E-state index in [-0.39, 0.29) is 17.3 Å². The molecule has 3 aromatic rings. The van der Waals surface area contributed by atoms with Gasteiger partial charge < -0.3 is 15.6 Å². The molecule has 0 radical (unpaired) electrons. The van der Waals surface area contributed by atoms with Crippen LogP contribution in [0.3, 0.4) is 0 Å². The lowest BCUT2D eigenvalue weighted by molar-refractivity contribution is -0.120. The first-order valence-electron chi connectivity index (χ1n) is 10.4. The molecule has 2 aromatic heterocycles. The molecule has 0 bridgehead atoms. The first kappa shape index (κ1) is 19.2. The van der Waals surface area contributed by atoms with Crippen molar-refractivity contribution in [3.05, 3.63) is 58.5 Å². The highest BCUT2D eigenvalue weighted by Crippen LogP contribution is 2.49. The summed E-state index contributed by atoms with van der Waals surface area (Å²) in [5.41, 5.74) is 12.3. The summed E-state index contributed by atoms with van der Waals surface area (Å²) in [4.78, 5) is 27.8. The number of nitrogens with two attached hydrogens (primary N) is 1. The Morgan fingerprint density at radius 3 is 2.90 bits per heavy atom. The molecule has 0 spiro atoms. The van der Waals surface area contributed by atoms with Gasteiger partial charge in [-0.05, 0) is 62.8 Å². The highest BCUT2D eigenvalue weighted by molar-refractivity contribution is 8.04. The van der Waals surface area contributed by atoms with Gasteiger partial charge in [0, 0.05) is 27.7 Å². The topological polar surface area (TPSA) is 87.9 Å². The molecule has 0 fully saturated rings. The number of hydrogen-bond donors (Lipinski definition) is 2. The van der Waals surface area contributed by atoms with E-state index in [1.54, 1.807) is 18.1 Å². The number of H-pyrrole nitrogens is 1. The molecule has 1 aliphatic carbocycles. The zero-order valence-corrected chi connectivity index (χ0v) is 18.0. The van der Waals surface area contributed by atoms with Gasteiger partial charge in [-0.2, -0.15) is 0 Å². The van der Waals surface area contributed by atoms with Crippen LogP contribution in [-0.4, -0.2) is 31.1 Å². The number of nitrogens with one attached hydrogen (secondary N) is 1. The van der Waals surface area contributed by atoms with E-state index in [9.17, 15) is 4.79 Å². The summed E-state index contributed by atoms with van der Waals surface area (Å²) in [6.07, 6.45) is 7.93. The molecule has 2 atom stereocenters. The maximum atomic E-state index is 12.2. The largest absolute Gasteiger partial charge is 0.367 e. The molecule has 3 heterocycles. The summed E-state index contributed by atoms with van der Waals surface area (Å²) in [6.45, 7) is 4.31. The standard InChI is InChI=1S/C23H25N5OS/c1-13-11-15(20-17-9-10-25-22(17)27-12-26-20)7-8-16(13)14(2)28-18-5-3-4-6-19(18)30-23(28)21(24)29/h7-12,14,23H,3-6H2,1-2H3,(H2,24,29)(H,25,26,27). The van der Waals surface area contributed by atoms with Crippen molar-refractivity contribution in [3.8, 4) is 11.3 Å². The van der Waals surface area contributed by atoms with Gasteiger partial charge in [0.25, 0.3) is 5.91 Å². The molecular weight excluding hydrogens is 394 g/mol. The van der Waals surface area contributed by atoms with Crippen molar-refractivity contribution in [3.63, 3.8) is 0 Å². The lowest BCUT2D eigenvalue weighted by Gasteiger charge is -2.35. The summed E-state index contributed by atoms with van der Waals surface area (Å²) in [7, 11) is 0. The Bertz CT molecular complexity index is 1170. The van der Waals surface area contributed by atoms with Crippen molar-refractivity contribution in [2.45, 2.75) is 50.9 Å². The number of nitrogens with zero attached hydrogens (tertiary/aromatic N) is 3. The second-order valence-electron chi connectivity index (χ2n) is 8.07. The molecule has 1 aliphatic heterocycles. The quantitative estimate of drug-likeness (QED) is 0.643. The van der Waals surface area contributed by atoms with Gasteiger partial charge in [0.05, 0.1) is 11.7 Å². The minimum absolute atomic E-state index is 0.0762. The maximum Gasteiger partial charge on any atom is 0.251 e. The number of primary amides is 1. The van der Waals surface area contributed by atoms with Gasteiger partial charge in [-0.1, -0.05) is 23.9 Å². The normalized spacial score (nSPS) is 19.9. The summed E-state index contributed by atoms with van der Waals surface area (Å²) in [6, 6.07) is 8.55. The Balaban J connectivity index is 1.52. The molecule has 154 valence electrons. The molecular formula is C23H25N5OS. The molecule has 1 amide bonds. The minimum atomic E-state index is -0.316. The molecule has 2 aliphatic rings. The van der Waals surface area contributed by atoms with Crippen molar-refractivity contribution in [2.24, 2.45) is 5.73 Å². The van der Waals surface area contributed by atoms with E-state index in [0.29, 0.717) is 0 Å². The second kappa shape index (κ2) is 7.47. The number of aromatic amines is 1. The lowest BCUT2D eigenvalue weighted by atomic mass is 9.95. The number of aryl methyl sites for hydroxylation is 1. The predicted octanol–water partition coefficient (Wildman–Crippen LogP) is 4.64. The number of carbonyl (C=O) groups is 1. The van der Waals surface area contributed by atoms with Crippen LogP contribution in [0.5, 0.6) is 0 Å². The SMILES string of the molecule is Cc1cc(-c2ncnc3[nH]ccc23)ccc1C(C)N1C2=C(CCCC2)SC1C(N)=O. The van der Waals surface area contributed by atoms with Crippen LogP contribution in [0.1, 0.15) is 49.8 Å². The van der Waals surface area contributed by atoms with Gasteiger partial charge in [0.1, 0.15) is 12.0 Å². The Hall–Kier alpha value is -2.80. The van der Waals surface area contributed by atoms with Gasteiger partial charge in [-0.15, -0.1) is 0 Å². The molecule has 2 unspecified atom stereocenters. The number of allylic oxidation sites excluding steroid dienone is 2. The predicted molar refractivity (Wildman–Crippen MR) is 120 cm³/mol. The van der Waals surface area contributed by atoms with Crippen molar-refractivity contribution >= 4 is 28.7 Å². The van der Waals surface area contributed by atoms with Crippen LogP contribution in [0.2, 0.25) is 0 Å². The van der Waals surface area contributed by atoms with E-state index >= 15 is 0 Å². The lowest BCUT2D eigenvalue weighted by Crippen LogP contribution is -2.40. The molecule has 7 heteroatoms. The first-order chi connectivity index (χ1) is 14.5. The summed E-state index contributed by atoms with van der Waals surface area (Å²) >= 11 is 1.65. The van der Waals surface area contributed by atoms with Gasteiger partial charge in [0.2, 0.25) is 0 Å². The van der Waals surface area contributed by atoms with Crippen LogP contribution in [0.15, 0.2) is 47.4 Å². The maximum absolute atomic E-state index is 12.2. The third-order valence-electron chi connectivity index (χ3n) is 6.22. The Morgan fingerprint density at radius 2 is 2.10 bits per heavy atom. The van der Waals surface area contributed by atoms with E-state index in [2.05, 4.69) is 51.9 Å². The summed E-state index contributed by atoms with van der Waals surface area (Å²) < 4.78 is 0. The van der Waals surface area contributed by atoms with Crippen molar-refractivity contribution in [1.82, 2.24) is 19.9 Å². The summed E-state index contributed by atoms with van der Waals surface area (Å²) in [5.74, 6) is -0.258. The van der Waals surface area contributed by atoms with Gasteiger partial charge >= 0.3 is 0 Å². The monoisotopic (exact) mass is 419 g/mol. The van der Waals surface area contributed by atoms with E-state index in [1.165, 1.54) is 34.6 Å². The Kier molecular flexibility index (Phi) is 4.77. The number of carbonyl (C=O) groups excluding carboxylic acids is 1. The van der Waals surface area contributed by atoms with E-state index in [4.69, 9.17) is 5.73 Å². The van der Waals surface area contributed by atoms with Gasteiger partial charge in [-0.3, -0.25) is 4.79 Å². The number of hydrogen-bond acceptors (Lipinski definition) is 5. The highest BCUT2D eigenvalue weighted by Gasteiger charge is 2.40. The fourth-order valence-electron chi connectivity index (χ4n) is 4.77. The number of benzene rings is 1. The van der Waals surface area contributed by atoms with Crippen LogP contribution in [0.25, 0.3) is 22.3 Å². The molecule has 0 saturated carbocycles. The average Bonchev–Trinajstić information content (AvgIpc) is 3.37. The average molecular weight is 420 g/mol. The van der Waals surface area contributed by atoms with Crippen LogP contribution < -0.4 is 5.73 Å². The van der Waals surface area contributed by atoms with Crippen LogP contribution in [0, 0.1) is 6.92 Å². The zero-order chi connectivity index (χ0) is 20.8. The highest BCUT2D eigenvalue weighted by atomic mass is 32.2. The molecule has 5 rings (SSSR count). The number of aromatic nitrogens is 3. The number of rotatable bonds is 4. The number of thioether (sulfide) groups is 1. The fraction of sp³-hybridized carbons (Fsp3) is 0.348. The number of amides is 1. The van der Waals surface area contributed by atoms with E-state index in [0.717, 1.165) is 35.1 Å². The van der Waals surface area contributed by atoms with Crippen molar-refractivity contribution in [1.29, 1.82) is 0 Å². The van der Waals surface area contributed by atoms with Crippen LogP contribution in [0.4, 0.5) is 0 Å². The minimum Gasteiger partial charge on any atom is -0.367 e. The fourth-order valence-corrected chi connectivity index (χ4v) is 6.19.